The molecular formula is C23H46N6O5. The molecule has 0 bridgehead atoms. The second-order valence-corrected chi connectivity index (χ2v) is 9.08. The smallest absolute Gasteiger partial charge is 0.133 e. The van der Waals surface area contributed by atoms with Gasteiger partial charge in [-0.25, -0.2) is 0 Å². The second-order valence-electron chi connectivity index (χ2n) is 9.08. The molecule has 1 aliphatic rings. The summed E-state index contributed by atoms with van der Waals surface area (Å²) in [6.07, 6.45) is 3.74. The molecule has 1 saturated heterocycles. The summed E-state index contributed by atoms with van der Waals surface area (Å²) >= 11 is 0. The van der Waals surface area contributed by atoms with Crippen LogP contribution in [0.3, 0.4) is 0 Å². The zero-order valence-electron chi connectivity index (χ0n) is 21.6. The van der Waals surface area contributed by atoms with E-state index in [1.165, 1.54) is 0 Å². The molecule has 198 valence electrons. The van der Waals surface area contributed by atoms with E-state index in [1.807, 2.05) is 33.1 Å². The summed E-state index contributed by atoms with van der Waals surface area (Å²) in [5.74, 6) is -0.215. The summed E-state index contributed by atoms with van der Waals surface area (Å²) in [6, 6.07) is 0. The lowest BCUT2D eigenvalue weighted by Crippen LogP contribution is -2.46. The molecule has 0 aromatic rings. The van der Waals surface area contributed by atoms with Crippen molar-refractivity contribution in [3.05, 3.63) is 0 Å². The van der Waals surface area contributed by atoms with Gasteiger partial charge in [0.15, 0.2) is 0 Å². The Morgan fingerprint density at radius 3 is 1.74 bits per heavy atom. The van der Waals surface area contributed by atoms with Crippen LogP contribution in [0.25, 0.3) is 0 Å². The number of aldehydes is 3. The zero-order valence-corrected chi connectivity index (χ0v) is 21.6. The minimum atomic E-state index is -0.215. The number of rotatable bonds is 13. The van der Waals surface area contributed by atoms with Crippen LogP contribution < -0.4 is 0 Å². The van der Waals surface area contributed by atoms with Gasteiger partial charge in [0, 0.05) is 86.5 Å². The molecule has 0 spiro atoms. The molecule has 34 heavy (non-hydrogen) atoms. The third-order valence-electron chi connectivity index (χ3n) is 5.77. The van der Waals surface area contributed by atoms with Gasteiger partial charge in [-0.1, -0.05) is 0 Å². The number of hydrogen-bond acceptors (Lipinski definition) is 11. The lowest BCUT2D eigenvalue weighted by Gasteiger charge is -2.33. The fraction of sp³-hybridized carbons (Fsp3) is 0.870. The van der Waals surface area contributed by atoms with Gasteiger partial charge in [-0.15, -0.1) is 0 Å². The van der Waals surface area contributed by atoms with Gasteiger partial charge in [0.2, 0.25) is 0 Å². The fourth-order valence-corrected chi connectivity index (χ4v) is 3.99. The third-order valence-corrected chi connectivity index (χ3v) is 5.77. The topological polar surface area (TPSA) is 89.1 Å². The van der Waals surface area contributed by atoms with Gasteiger partial charge in [0.1, 0.15) is 18.9 Å². The lowest BCUT2D eigenvalue weighted by molar-refractivity contribution is -0.127. The molecule has 0 N–H and O–H groups in total. The van der Waals surface area contributed by atoms with E-state index >= 15 is 0 Å². The van der Waals surface area contributed by atoms with Gasteiger partial charge in [-0.05, 0) is 19.5 Å². The molecule has 1 unspecified atom stereocenters. The molecule has 1 fully saturated rings. The van der Waals surface area contributed by atoms with Crippen molar-refractivity contribution in [2.24, 2.45) is 5.92 Å². The monoisotopic (exact) mass is 486 g/mol. The fourth-order valence-electron chi connectivity index (χ4n) is 3.99. The Kier molecular flexibility index (Phi) is 17.1. The highest BCUT2D eigenvalue weighted by molar-refractivity contribution is 5.55. The van der Waals surface area contributed by atoms with Crippen LogP contribution in [0.2, 0.25) is 0 Å². The average molecular weight is 487 g/mol. The van der Waals surface area contributed by atoms with E-state index < -0.39 is 0 Å². The maximum atomic E-state index is 11.9. The summed E-state index contributed by atoms with van der Waals surface area (Å²) < 4.78 is 0. The second kappa shape index (κ2) is 18.9. The van der Waals surface area contributed by atoms with Gasteiger partial charge in [0.25, 0.3) is 0 Å². The first kappa shape index (κ1) is 30.7. The molecular weight excluding hydrogens is 440 g/mol. The zero-order chi connectivity index (χ0) is 25.2. The van der Waals surface area contributed by atoms with Crippen molar-refractivity contribution in [2.45, 2.75) is 6.42 Å². The Morgan fingerprint density at radius 2 is 1.15 bits per heavy atom. The Hall–Kier alpha value is -1.31. The maximum Gasteiger partial charge on any atom is 0.133 e. The van der Waals surface area contributed by atoms with Crippen molar-refractivity contribution >= 4 is 18.9 Å². The first-order chi connectivity index (χ1) is 16.4. The van der Waals surface area contributed by atoms with Crippen LogP contribution >= 0.6 is 0 Å². The van der Waals surface area contributed by atoms with E-state index in [0.29, 0.717) is 52.5 Å². The quantitative estimate of drug-likeness (QED) is 0.232. The SMILES string of the molecule is CN(C)OCCN1CCCN(CC=O)CCN(CC=O)CC(C=O)CN(CCON(C)C)CC1. The molecule has 1 heterocycles. The lowest BCUT2D eigenvalue weighted by atomic mass is 10.1. The first-order valence-corrected chi connectivity index (χ1v) is 12.2. The highest BCUT2D eigenvalue weighted by Gasteiger charge is 2.20. The van der Waals surface area contributed by atoms with Gasteiger partial charge in [0.05, 0.1) is 26.3 Å². The Labute approximate surface area is 205 Å². The molecule has 0 aliphatic carbocycles. The van der Waals surface area contributed by atoms with Crippen LogP contribution in [-0.4, -0.2) is 169 Å². The Morgan fingerprint density at radius 1 is 0.676 bits per heavy atom. The van der Waals surface area contributed by atoms with Crippen molar-refractivity contribution in [1.29, 1.82) is 0 Å². The summed E-state index contributed by atoms with van der Waals surface area (Å²) in [7, 11) is 7.46. The van der Waals surface area contributed by atoms with Gasteiger partial charge < -0.3 is 14.4 Å². The molecule has 0 amide bonds. The van der Waals surface area contributed by atoms with Crippen molar-refractivity contribution in [1.82, 2.24) is 29.7 Å². The maximum absolute atomic E-state index is 11.9. The van der Waals surface area contributed by atoms with E-state index in [2.05, 4.69) is 14.7 Å². The summed E-state index contributed by atoms with van der Waals surface area (Å²) in [4.78, 5) is 54.4. The molecule has 0 aromatic carbocycles. The summed E-state index contributed by atoms with van der Waals surface area (Å²) in [5.41, 5.74) is 0. The molecule has 1 rings (SSSR count). The minimum Gasteiger partial charge on any atom is -0.303 e. The number of nitrogens with zero attached hydrogens (tertiary/aromatic N) is 6. The van der Waals surface area contributed by atoms with Crippen LogP contribution in [0, 0.1) is 5.92 Å². The standard InChI is InChI=1S/C23H46N6O5/c1-24(2)33-18-14-27-7-5-6-26(12-16-30)8-10-28(13-17-31)20-23(22-32)21-29(11-9-27)15-19-34-25(3)4/h16-17,22-23H,5-15,18-21H2,1-4H3. The van der Waals surface area contributed by atoms with Crippen molar-refractivity contribution in [2.75, 3.05) is 120 Å². The molecule has 11 nitrogen and oxygen atoms in total. The van der Waals surface area contributed by atoms with Crippen LogP contribution in [0.4, 0.5) is 0 Å². The number of carbonyl (C=O) groups is 3. The number of hydrogen-bond donors (Lipinski definition) is 0. The normalized spacial score (nSPS) is 21.5. The molecule has 11 heteroatoms. The number of hydroxylamine groups is 4. The molecule has 1 atom stereocenters. The minimum absolute atomic E-state index is 0.215. The highest BCUT2D eigenvalue weighted by Crippen LogP contribution is 2.06. The molecule has 0 saturated carbocycles. The molecule has 0 aromatic heterocycles. The van der Waals surface area contributed by atoms with Crippen LogP contribution in [0.1, 0.15) is 6.42 Å². The van der Waals surface area contributed by atoms with E-state index in [-0.39, 0.29) is 12.5 Å². The Balaban J connectivity index is 2.93. The van der Waals surface area contributed by atoms with Gasteiger partial charge in [-0.2, -0.15) is 10.1 Å². The van der Waals surface area contributed by atoms with E-state index in [9.17, 15) is 14.4 Å². The van der Waals surface area contributed by atoms with Crippen molar-refractivity contribution in [3.8, 4) is 0 Å². The van der Waals surface area contributed by atoms with Gasteiger partial charge in [-0.3, -0.25) is 29.3 Å². The van der Waals surface area contributed by atoms with Crippen LogP contribution in [0.15, 0.2) is 0 Å². The van der Waals surface area contributed by atoms with E-state index in [1.54, 1.807) is 10.1 Å². The number of carbonyl (C=O) groups excluding carboxylic acids is 3. The predicted octanol–water partition coefficient (Wildman–Crippen LogP) is -1.20. The molecule has 1 aliphatic heterocycles. The summed E-state index contributed by atoms with van der Waals surface area (Å²) in [5, 5.41) is 3.39. The third kappa shape index (κ3) is 14.8. The molecule has 0 radical (unpaired) electrons. The van der Waals surface area contributed by atoms with Crippen LogP contribution in [-0.2, 0) is 24.1 Å². The van der Waals surface area contributed by atoms with E-state index in [4.69, 9.17) is 9.68 Å². The van der Waals surface area contributed by atoms with Crippen molar-refractivity contribution in [3.63, 3.8) is 0 Å². The summed E-state index contributed by atoms with van der Waals surface area (Å²) in [6.45, 7) is 9.10. The Bertz CT molecular complexity index is 554. The predicted molar refractivity (Wildman–Crippen MR) is 131 cm³/mol. The largest absolute Gasteiger partial charge is 0.303 e. The highest BCUT2D eigenvalue weighted by atomic mass is 16.7. The van der Waals surface area contributed by atoms with Gasteiger partial charge >= 0.3 is 0 Å². The van der Waals surface area contributed by atoms with Crippen LogP contribution in [0.5, 0.6) is 0 Å². The average Bonchev–Trinajstić information content (AvgIpc) is 2.78. The van der Waals surface area contributed by atoms with E-state index in [0.717, 1.165) is 58.0 Å². The van der Waals surface area contributed by atoms with Crippen molar-refractivity contribution < 1.29 is 24.1 Å². The first-order valence-electron chi connectivity index (χ1n) is 12.2.